The van der Waals surface area contributed by atoms with Crippen molar-refractivity contribution in [2.24, 2.45) is 0 Å². The van der Waals surface area contributed by atoms with Gasteiger partial charge in [-0.15, -0.1) is 11.8 Å². The summed E-state index contributed by atoms with van der Waals surface area (Å²) in [7, 11) is 3.31. The molecule has 0 atom stereocenters. The van der Waals surface area contributed by atoms with Crippen molar-refractivity contribution in [1.82, 2.24) is 4.90 Å². The van der Waals surface area contributed by atoms with Crippen molar-refractivity contribution in [3.8, 4) is 0 Å². The molecule has 7 nitrogen and oxygen atoms in total. The summed E-state index contributed by atoms with van der Waals surface area (Å²) in [5.74, 6) is -0.594. The molecule has 0 bridgehead atoms. The number of rotatable bonds is 5. The highest BCUT2D eigenvalue weighted by Crippen LogP contribution is 2.28. The summed E-state index contributed by atoms with van der Waals surface area (Å²) in [5, 5.41) is 13.8. The van der Waals surface area contributed by atoms with Crippen molar-refractivity contribution in [3.05, 3.63) is 63.7 Å². The molecule has 0 aliphatic rings. The topological polar surface area (TPSA) is 92.6 Å². The van der Waals surface area contributed by atoms with Crippen LogP contribution in [-0.4, -0.2) is 42.0 Å². The number of amides is 2. The Morgan fingerprint density at radius 1 is 1.08 bits per heavy atom. The minimum atomic E-state index is -0.510. The second kappa shape index (κ2) is 7.80. The van der Waals surface area contributed by atoms with Gasteiger partial charge in [0.2, 0.25) is 0 Å². The van der Waals surface area contributed by atoms with Gasteiger partial charge in [0.1, 0.15) is 0 Å². The minimum absolute atomic E-state index is 0.105. The fourth-order valence-corrected chi connectivity index (χ4v) is 2.68. The molecule has 1 N–H and O–H groups in total. The van der Waals surface area contributed by atoms with Gasteiger partial charge in [-0.2, -0.15) is 0 Å². The number of hydrogen-bond donors (Lipinski definition) is 1. The largest absolute Gasteiger partial charge is 0.345 e. The summed E-state index contributed by atoms with van der Waals surface area (Å²) in [6.45, 7) is 0. The average Bonchev–Trinajstić information content (AvgIpc) is 2.60. The summed E-state index contributed by atoms with van der Waals surface area (Å²) in [6.07, 6.45) is 1.73. The number of carbonyl (C=O) groups is 2. The lowest BCUT2D eigenvalue weighted by Gasteiger charge is -2.11. The molecule has 8 heteroatoms. The van der Waals surface area contributed by atoms with Gasteiger partial charge >= 0.3 is 0 Å². The Labute approximate surface area is 149 Å². The SMILES string of the molecule is CSc1ccc(C(=O)Nc2ccc(C(=O)N(C)C)cc2)cc1[N+](=O)[O-]. The zero-order valence-corrected chi connectivity index (χ0v) is 14.8. The molecule has 0 unspecified atom stereocenters. The lowest BCUT2D eigenvalue weighted by molar-refractivity contribution is -0.387. The molecule has 0 aliphatic carbocycles. The monoisotopic (exact) mass is 359 g/mol. The van der Waals surface area contributed by atoms with Crippen LogP contribution >= 0.6 is 11.8 Å². The average molecular weight is 359 g/mol. The molecule has 0 fully saturated rings. The molecule has 0 radical (unpaired) electrons. The van der Waals surface area contributed by atoms with Crippen LogP contribution in [0.2, 0.25) is 0 Å². The Kier molecular flexibility index (Phi) is 5.76. The molecule has 0 spiro atoms. The van der Waals surface area contributed by atoms with E-state index in [1.165, 1.54) is 28.8 Å². The van der Waals surface area contributed by atoms with Crippen LogP contribution in [0.25, 0.3) is 0 Å². The molecule has 130 valence electrons. The molecule has 2 rings (SSSR count). The van der Waals surface area contributed by atoms with Gasteiger partial charge in [0, 0.05) is 37.0 Å². The highest BCUT2D eigenvalue weighted by molar-refractivity contribution is 7.98. The maximum atomic E-state index is 12.3. The lowest BCUT2D eigenvalue weighted by Crippen LogP contribution is -2.21. The fourth-order valence-electron chi connectivity index (χ4n) is 2.13. The summed E-state index contributed by atoms with van der Waals surface area (Å²) >= 11 is 1.25. The molecule has 2 aromatic rings. The number of thioether (sulfide) groups is 1. The molecule has 0 saturated carbocycles. The number of nitro groups is 1. The van der Waals surface area contributed by atoms with E-state index in [0.717, 1.165) is 0 Å². The second-order valence-corrected chi connectivity index (χ2v) is 6.22. The van der Waals surface area contributed by atoms with Gasteiger partial charge < -0.3 is 10.2 Å². The molecule has 0 saturated heterocycles. The van der Waals surface area contributed by atoms with Crippen LogP contribution in [0.1, 0.15) is 20.7 Å². The van der Waals surface area contributed by atoms with E-state index in [4.69, 9.17) is 0 Å². The Morgan fingerprint density at radius 2 is 1.68 bits per heavy atom. The van der Waals surface area contributed by atoms with Gasteiger partial charge in [-0.3, -0.25) is 19.7 Å². The van der Waals surface area contributed by atoms with Gasteiger partial charge in [-0.05, 0) is 42.7 Å². The summed E-state index contributed by atoms with van der Waals surface area (Å²) in [6, 6.07) is 10.8. The number of nitrogens with zero attached hydrogens (tertiary/aromatic N) is 2. The maximum Gasteiger partial charge on any atom is 0.283 e. The number of nitro benzene ring substituents is 1. The van der Waals surface area contributed by atoms with Crippen LogP contribution in [-0.2, 0) is 0 Å². The highest BCUT2D eigenvalue weighted by atomic mass is 32.2. The van der Waals surface area contributed by atoms with Crippen LogP contribution in [0.4, 0.5) is 11.4 Å². The van der Waals surface area contributed by atoms with Crippen molar-refractivity contribution in [2.45, 2.75) is 4.90 Å². The zero-order valence-electron chi connectivity index (χ0n) is 14.0. The number of anilines is 1. The van der Waals surface area contributed by atoms with Crippen molar-refractivity contribution in [2.75, 3.05) is 25.7 Å². The van der Waals surface area contributed by atoms with Crippen LogP contribution < -0.4 is 5.32 Å². The third-order valence-electron chi connectivity index (χ3n) is 3.43. The first-order valence-corrected chi connectivity index (χ1v) is 8.51. The van der Waals surface area contributed by atoms with E-state index >= 15 is 0 Å². The Bertz CT molecular complexity index is 819. The van der Waals surface area contributed by atoms with E-state index in [0.29, 0.717) is 16.1 Å². The third kappa shape index (κ3) is 4.36. The summed E-state index contributed by atoms with van der Waals surface area (Å²) in [5.41, 5.74) is 1.09. The molecule has 2 amide bonds. The Morgan fingerprint density at radius 3 is 2.20 bits per heavy atom. The first-order valence-electron chi connectivity index (χ1n) is 7.29. The summed E-state index contributed by atoms with van der Waals surface area (Å²) in [4.78, 5) is 36.7. The molecule has 0 aromatic heterocycles. The number of nitrogens with one attached hydrogen (secondary N) is 1. The van der Waals surface area contributed by atoms with Crippen molar-refractivity contribution in [3.63, 3.8) is 0 Å². The predicted octanol–water partition coefficient (Wildman–Crippen LogP) is 3.27. The third-order valence-corrected chi connectivity index (χ3v) is 4.22. The molecule has 0 aliphatic heterocycles. The fraction of sp³-hybridized carbons (Fsp3) is 0.176. The molecule has 2 aromatic carbocycles. The Hall–Kier alpha value is -2.87. The molecular weight excluding hydrogens is 342 g/mol. The second-order valence-electron chi connectivity index (χ2n) is 5.37. The Balaban J connectivity index is 2.18. The van der Waals surface area contributed by atoms with Crippen LogP contribution in [0, 0.1) is 10.1 Å². The van der Waals surface area contributed by atoms with E-state index in [2.05, 4.69) is 5.32 Å². The minimum Gasteiger partial charge on any atom is -0.345 e. The van der Waals surface area contributed by atoms with Gasteiger partial charge in [-0.1, -0.05) is 0 Å². The normalized spacial score (nSPS) is 10.2. The van der Waals surface area contributed by atoms with Gasteiger partial charge in [0.25, 0.3) is 17.5 Å². The van der Waals surface area contributed by atoms with E-state index in [1.807, 2.05) is 0 Å². The van der Waals surface area contributed by atoms with Gasteiger partial charge in [0.15, 0.2) is 0 Å². The van der Waals surface area contributed by atoms with E-state index < -0.39 is 10.8 Å². The molecular formula is C17H17N3O4S. The first kappa shape index (κ1) is 18.5. The van der Waals surface area contributed by atoms with Crippen LogP contribution in [0.5, 0.6) is 0 Å². The van der Waals surface area contributed by atoms with Crippen molar-refractivity contribution < 1.29 is 14.5 Å². The molecule has 0 heterocycles. The van der Waals surface area contributed by atoms with E-state index in [9.17, 15) is 19.7 Å². The van der Waals surface area contributed by atoms with Gasteiger partial charge in [-0.25, -0.2) is 0 Å². The smallest absolute Gasteiger partial charge is 0.283 e. The number of hydrogen-bond acceptors (Lipinski definition) is 5. The van der Waals surface area contributed by atoms with Crippen LogP contribution in [0.3, 0.4) is 0 Å². The summed E-state index contributed by atoms with van der Waals surface area (Å²) < 4.78 is 0. The number of benzene rings is 2. The first-order chi connectivity index (χ1) is 11.8. The molecule has 25 heavy (non-hydrogen) atoms. The highest BCUT2D eigenvalue weighted by Gasteiger charge is 2.17. The maximum absolute atomic E-state index is 12.3. The lowest BCUT2D eigenvalue weighted by atomic mass is 10.1. The van der Waals surface area contributed by atoms with E-state index in [1.54, 1.807) is 50.7 Å². The quantitative estimate of drug-likeness (QED) is 0.502. The standard InChI is InChI=1S/C17H17N3O4S/c1-19(2)17(22)11-4-7-13(8-5-11)18-16(21)12-6-9-15(25-3)14(10-12)20(23)24/h4-10H,1-3H3,(H,18,21). The van der Waals surface area contributed by atoms with Gasteiger partial charge in [0.05, 0.1) is 9.82 Å². The van der Waals surface area contributed by atoms with Crippen LogP contribution in [0.15, 0.2) is 47.4 Å². The number of carbonyl (C=O) groups excluding carboxylic acids is 2. The zero-order chi connectivity index (χ0) is 18.6. The van der Waals surface area contributed by atoms with Crippen molar-refractivity contribution >= 4 is 35.0 Å². The van der Waals surface area contributed by atoms with E-state index in [-0.39, 0.29) is 17.2 Å². The van der Waals surface area contributed by atoms with Crippen molar-refractivity contribution in [1.29, 1.82) is 0 Å². The predicted molar refractivity (Wildman–Crippen MR) is 97.3 cm³/mol.